The zero-order chi connectivity index (χ0) is 30.6. The summed E-state index contributed by atoms with van der Waals surface area (Å²) in [5.41, 5.74) is 6.37. The van der Waals surface area contributed by atoms with E-state index in [1.807, 2.05) is 20.8 Å². The molecule has 12 heteroatoms. The van der Waals surface area contributed by atoms with Crippen LogP contribution in [0, 0.1) is 5.92 Å². The predicted molar refractivity (Wildman–Crippen MR) is 149 cm³/mol. The largest absolute Gasteiger partial charge is 0.513 e. The molecule has 0 aliphatic heterocycles. The molecule has 3 atom stereocenters. The Hall–Kier alpha value is -3.54. The van der Waals surface area contributed by atoms with E-state index in [0.717, 1.165) is 32.1 Å². The second-order valence-electron chi connectivity index (χ2n) is 9.65. The number of unbranched alkanes of at least 4 members (excludes halogenated alkanes) is 5. The van der Waals surface area contributed by atoms with Gasteiger partial charge in [-0.2, -0.15) is 0 Å². The van der Waals surface area contributed by atoms with Gasteiger partial charge in [-0.1, -0.05) is 65.9 Å². The van der Waals surface area contributed by atoms with Crippen molar-refractivity contribution < 1.29 is 52.7 Å². The summed E-state index contributed by atoms with van der Waals surface area (Å²) in [6, 6.07) is 2.77. The second-order valence-corrected chi connectivity index (χ2v) is 9.65. The summed E-state index contributed by atoms with van der Waals surface area (Å²) in [4.78, 5) is 48.4. The van der Waals surface area contributed by atoms with E-state index >= 15 is 0 Å². The molecule has 1 aromatic rings. The molecule has 232 valence electrons. The van der Waals surface area contributed by atoms with Crippen LogP contribution in [0.4, 0.5) is 14.4 Å². The lowest BCUT2D eigenvalue weighted by Crippen LogP contribution is -2.40. The first kappa shape index (κ1) is 35.5. The molecule has 1 aromatic carbocycles. The maximum Gasteiger partial charge on any atom is 0.513 e. The average molecular weight is 584 g/mol. The molecule has 0 bridgehead atoms. The quantitative estimate of drug-likeness (QED) is 0.0821. The van der Waals surface area contributed by atoms with E-state index in [4.69, 9.17) is 34.2 Å². The lowest BCUT2D eigenvalue weighted by Gasteiger charge is -2.27. The number of carboxylic acid groups (broad SMARTS) is 1. The van der Waals surface area contributed by atoms with Crippen LogP contribution in [0.15, 0.2) is 18.2 Å². The summed E-state index contributed by atoms with van der Waals surface area (Å²) >= 11 is 0. The summed E-state index contributed by atoms with van der Waals surface area (Å²) in [7, 11) is 0. The minimum Gasteiger partial charge on any atom is -0.480 e. The van der Waals surface area contributed by atoms with Crippen LogP contribution in [0.25, 0.3) is 0 Å². The number of ether oxygens (including phenoxy) is 6. The number of aliphatic carboxylic acids is 1. The SMILES string of the molecule is CCCCCOC(=O)Oc1ccc(C(C(C)COC(=O)OCCCC)[C@H](N)C(=O)O)cc1OC(=O)OCCCCC. The molecule has 3 N–H and O–H groups in total. The van der Waals surface area contributed by atoms with E-state index < -0.39 is 42.3 Å². The molecule has 0 radical (unpaired) electrons. The lowest BCUT2D eigenvalue weighted by atomic mass is 9.82. The first-order chi connectivity index (χ1) is 19.6. The standard InChI is InChI=1S/C29H45NO11/c1-5-8-11-16-37-28(34)40-22-14-13-21(18-23(22)41-29(35)38-17-12-9-6-2)24(25(30)26(31)32)20(4)19-39-27(33)36-15-10-7-3/h13-14,18,20,24-25H,5-12,15-17,19,30H2,1-4H3,(H,31,32)/t20?,24?,25-/m0/s1. The molecule has 0 heterocycles. The summed E-state index contributed by atoms with van der Waals surface area (Å²) in [5, 5.41) is 9.68. The van der Waals surface area contributed by atoms with Gasteiger partial charge in [0.1, 0.15) is 6.04 Å². The highest BCUT2D eigenvalue weighted by Crippen LogP contribution is 2.36. The van der Waals surface area contributed by atoms with E-state index in [0.29, 0.717) is 24.8 Å². The first-order valence-electron chi connectivity index (χ1n) is 14.3. The Morgan fingerprint density at radius 2 is 1.24 bits per heavy atom. The van der Waals surface area contributed by atoms with Crippen LogP contribution in [0.3, 0.4) is 0 Å². The zero-order valence-corrected chi connectivity index (χ0v) is 24.6. The molecule has 0 amide bonds. The van der Waals surface area contributed by atoms with Crippen LogP contribution >= 0.6 is 0 Å². The normalized spacial score (nSPS) is 12.9. The van der Waals surface area contributed by atoms with Gasteiger partial charge in [0.2, 0.25) is 0 Å². The highest BCUT2D eigenvalue weighted by atomic mass is 16.7. The Kier molecular flexibility index (Phi) is 17.6. The van der Waals surface area contributed by atoms with E-state index in [1.54, 1.807) is 6.92 Å². The number of rotatable bonds is 19. The van der Waals surface area contributed by atoms with Gasteiger partial charge in [-0.15, -0.1) is 0 Å². The Balaban J connectivity index is 3.19. The summed E-state index contributed by atoms with van der Waals surface area (Å²) < 4.78 is 31.0. The highest BCUT2D eigenvalue weighted by molar-refractivity contribution is 5.75. The molecular formula is C29H45NO11. The summed E-state index contributed by atoms with van der Waals surface area (Å²) in [5.74, 6) is -3.10. The van der Waals surface area contributed by atoms with Crippen molar-refractivity contribution in [2.45, 2.75) is 91.0 Å². The van der Waals surface area contributed by atoms with Gasteiger partial charge in [0, 0.05) is 5.92 Å². The van der Waals surface area contributed by atoms with Crippen LogP contribution in [0.1, 0.15) is 90.5 Å². The molecule has 0 fully saturated rings. The summed E-state index contributed by atoms with van der Waals surface area (Å²) in [6.45, 7) is 7.95. The Labute approximate surface area is 241 Å². The van der Waals surface area contributed by atoms with Crippen molar-refractivity contribution >= 4 is 24.4 Å². The maximum absolute atomic E-state index is 12.4. The topological polar surface area (TPSA) is 170 Å². The number of carboxylic acids is 1. The van der Waals surface area contributed by atoms with Crippen LogP contribution in [-0.2, 0) is 23.7 Å². The molecule has 0 aliphatic carbocycles. The van der Waals surface area contributed by atoms with Crippen molar-refractivity contribution in [3.63, 3.8) is 0 Å². The molecule has 0 saturated heterocycles. The van der Waals surface area contributed by atoms with Crippen LogP contribution in [0.2, 0.25) is 0 Å². The van der Waals surface area contributed by atoms with Gasteiger partial charge in [-0.3, -0.25) is 4.79 Å². The van der Waals surface area contributed by atoms with Crippen LogP contribution in [-0.4, -0.2) is 62.0 Å². The van der Waals surface area contributed by atoms with Crippen molar-refractivity contribution in [2.24, 2.45) is 11.7 Å². The van der Waals surface area contributed by atoms with Gasteiger partial charge in [0.25, 0.3) is 0 Å². The maximum atomic E-state index is 12.4. The molecule has 12 nitrogen and oxygen atoms in total. The van der Waals surface area contributed by atoms with Gasteiger partial charge < -0.3 is 39.3 Å². The minimum absolute atomic E-state index is 0.134. The van der Waals surface area contributed by atoms with Gasteiger partial charge in [-0.05, 0) is 42.9 Å². The molecule has 41 heavy (non-hydrogen) atoms. The smallest absolute Gasteiger partial charge is 0.480 e. The van der Waals surface area contributed by atoms with E-state index in [2.05, 4.69) is 0 Å². The lowest BCUT2D eigenvalue weighted by molar-refractivity contribution is -0.139. The monoisotopic (exact) mass is 583 g/mol. The van der Waals surface area contributed by atoms with Gasteiger partial charge in [0.05, 0.1) is 26.4 Å². The molecule has 0 aliphatic rings. The predicted octanol–water partition coefficient (Wildman–Crippen LogP) is 6.18. The first-order valence-corrected chi connectivity index (χ1v) is 14.3. The Morgan fingerprint density at radius 1 is 0.732 bits per heavy atom. The molecule has 0 saturated carbocycles. The number of hydrogen-bond donors (Lipinski definition) is 2. The fourth-order valence-corrected chi connectivity index (χ4v) is 3.84. The number of nitrogens with two attached hydrogens (primary N) is 1. The van der Waals surface area contributed by atoms with Crippen LogP contribution < -0.4 is 15.2 Å². The number of carbonyl (C=O) groups is 4. The fourth-order valence-electron chi connectivity index (χ4n) is 3.84. The third kappa shape index (κ3) is 14.1. The minimum atomic E-state index is -1.41. The molecule has 2 unspecified atom stereocenters. The number of benzene rings is 1. The Morgan fingerprint density at radius 3 is 1.78 bits per heavy atom. The summed E-state index contributed by atoms with van der Waals surface area (Å²) in [6.07, 6.45) is 3.57. The zero-order valence-electron chi connectivity index (χ0n) is 24.6. The third-order valence-electron chi connectivity index (χ3n) is 6.14. The van der Waals surface area contributed by atoms with E-state index in [-0.39, 0.29) is 37.9 Å². The van der Waals surface area contributed by atoms with Gasteiger partial charge in [-0.25, -0.2) is 14.4 Å². The van der Waals surface area contributed by atoms with Gasteiger partial charge in [0.15, 0.2) is 11.5 Å². The van der Waals surface area contributed by atoms with Crippen molar-refractivity contribution in [3.8, 4) is 11.5 Å². The average Bonchev–Trinajstić information content (AvgIpc) is 2.93. The highest BCUT2D eigenvalue weighted by Gasteiger charge is 2.33. The van der Waals surface area contributed by atoms with Crippen molar-refractivity contribution in [1.29, 1.82) is 0 Å². The van der Waals surface area contributed by atoms with Crippen LogP contribution in [0.5, 0.6) is 11.5 Å². The Bertz CT molecular complexity index is 953. The van der Waals surface area contributed by atoms with E-state index in [1.165, 1.54) is 18.2 Å². The second kappa shape index (κ2) is 20.4. The molecule has 0 aromatic heterocycles. The number of hydrogen-bond acceptors (Lipinski definition) is 11. The van der Waals surface area contributed by atoms with E-state index in [9.17, 15) is 24.3 Å². The molecule has 0 spiro atoms. The number of carbonyl (C=O) groups excluding carboxylic acids is 3. The fraction of sp³-hybridized carbons (Fsp3) is 0.655. The van der Waals surface area contributed by atoms with Crippen molar-refractivity contribution in [2.75, 3.05) is 26.4 Å². The molecular weight excluding hydrogens is 538 g/mol. The van der Waals surface area contributed by atoms with Crippen molar-refractivity contribution in [3.05, 3.63) is 23.8 Å². The third-order valence-corrected chi connectivity index (χ3v) is 6.14. The van der Waals surface area contributed by atoms with Crippen molar-refractivity contribution in [1.82, 2.24) is 0 Å². The van der Waals surface area contributed by atoms with Gasteiger partial charge >= 0.3 is 24.4 Å². The molecule has 1 rings (SSSR count).